The summed E-state index contributed by atoms with van der Waals surface area (Å²) >= 11 is 0. The summed E-state index contributed by atoms with van der Waals surface area (Å²) in [6.45, 7) is 24.7. The van der Waals surface area contributed by atoms with E-state index in [1.807, 2.05) is 104 Å². The van der Waals surface area contributed by atoms with E-state index in [1.54, 1.807) is 6.20 Å². The number of pyridine rings is 5. The summed E-state index contributed by atoms with van der Waals surface area (Å²) < 4.78 is 0. The summed E-state index contributed by atoms with van der Waals surface area (Å²) in [4.78, 5) is 22.2. The molecule has 103 heavy (non-hydrogen) atoms. The molecular weight excluding hydrogens is 1970 g/mol. The number of benzene rings is 9. The second-order valence-electron chi connectivity index (χ2n) is 28.1. The van der Waals surface area contributed by atoms with Crippen LogP contribution in [-0.2, 0) is 102 Å². The van der Waals surface area contributed by atoms with Gasteiger partial charge in [-0.25, -0.2) is 0 Å². The summed E-state index contributed by atoms with van der Waals surface area (Å²) in [5.74, 6) is 0. The van der Waals surface area contributed by atoms with E-state index in [2.05, 4.69) is 295 Å². The van der Waals surface area contributed by atoms with Crippen molar-refractivity contribution >= 4 is 0 Å². The average Bonchev–Trinajstić information content (AvgIpc) is 1.61. The van der Waals surface area contributed by atoms with Crippen LogP contribution in [0.1, 0.15) is 117 Å². The van der Waals surface area contributed by atoms with Crippen LogP contribution in [0.15, 0.2) is 274 Å². The maximum atomic E-state index is 4.54. The van der Waals surface area contributed by atoms with Crippen molar-refractivity contribution in [3.05, 3.63) is 365 Å². The molecule has 4 radical (unpaired) electrons. The summed E-state index contributed by atoms with van der Waals surface area (Å²) in [6, 6.07) is 101. The van der Waals surface area contributed by atoms with Gasteiger partial charge in [0.15, 0.2) is 0 Å². The smallest absolute Gasteiger partial charge is 0.0163 e. The van der Waals surface area contributed by atoms with Crippen molar-refractivity contribution in [2.24, 2.45) is 0 Å². The largest absolute Gasteiger partial charge is 0.305 e. The maximum Gasteiger partial charge on any atom is 0.0163 e. The molecule has 9 aromatic carbocycles. The second kappa shape index (κ2) is 32.1. The molecule has 0 atom stereocenters. The first-order valence-electron chi connectivity index (χ1n) is 34.1. The Hall–Kier alpha value is -8.67. The molecule has 5 heterocycles. The molecule has 0 fully saturated rings. The number of rotatable bonds is 5. The van der Waals surface area contributed by atoms with E-state index in [0.29, 0.717) is 0 Å². The van der Waals surface area contributed by atoms with E-state index in [9.17, 15) is 0 Å². The van der Waals surface area contributed by atoms with Crippen LogP contribution in [0.3, 0.4) is 0 Å². The van der Waals surface area contributed by atoms with Crippen LogP contribution >= 0.6 is 0 Å². The Morgan fingerprint density at radius 2 is 0.563 bits per heavy atom. The molecule has 0 saturated carbocycles. The molecule has 9 heteroatoms. The molecule has 0 amide bonds. The standard InChI is InChI=1S/3C21H18N.C20H16N.C11H8N.4Ir/c2*1-14-7-6-12-22-20(14)15-10-11-17-16-8-4-5-9-18(16)21(2,3)19(17)13-15;1-14-10-11-22-20(12-14)15-8-9-17-16-6-4-5-7-18(16)21(2,3)19(17)13-15;1-20(2)17-8-4-3-7-15(17)16-11-10-14(13-18(16)20)19-9-5-6-12-21-19;1-2-6-10(7-3-1)11-8-4-5-9-12-11;;;;/h2*4-9,11-13H,1-3H3;4-7,9-13H,1-3H3;3-9,11-13H,1-2H3;1-6,8-9H;;;;/q5*-1;;;;. The molecule has 0 unspecified atom stereocenters. The molecule has 0 saturated heterocycles. The van der Waals surface area contributed by atoms with Gasteiger partial charge in [0.25, 0.3) is 0 Å². The molecule has 4 aliphatic carbocycles. The van der Waals surface area contributed by atoms with Crippen molar-refractivity contribution in [1.29, 1.82) is 0 Å². The SMILES string of the molecule is CC1(C)c2ccccc2-c2c[c-]c(-c3ccccn3)cc21.Cc1cccnc1-c1[c-]cc2c(c1)C(C)(C)c1ccccc1-2.Cc1cccnc1-c1[c-]cc2c(c1)C(C)(C)c1ccccc1-2.Cc1ccnc(-c2[c-]cc3c(c2)C(C)(C)c2ccccc2-3)c1.[Ir].[Ir].[Ir].[Ir].[c-]1ccccc1-c1ccccn1. The van der Waals surface area contributed by atoms with E-state index in [4.69, 9.17) is 0 Å². The monoisotopic (exact) mass is 2050 g/mol. The van der Waals surface area contributed by atoms with Gasteiger partial charge in [0.1, 0.15) is 0 Å². The van der Waals surface area contributed by atoms with Gasteiger partial charge in [0, 0.05) is 111 Å². The number of hydrogen-bond acceptors (Lipinski definition) is 5. The molecule has 4 aliphatic rings. The predicted molar refractivity (Wildman–Crippen MR) is 407 cm³/mol. The Morgan fingerprint density at radius 3 is 0.913 bits per heavy atom. The van der Waals surface area contributed by atoms with Crippen molar-refractivity contribution in [3.63, 3.8) is 0 Å². The minimum absolute atomic E-state index is 0. The van der Waals surface area contributed by atoms with E-state index >= 15 is 0 Å². The summed E-state index contributed by atoms with van der Waals surface area (Å²) in [6.07, 6.45) is 9.19. The molecule has 0 spiro atoms. The van der Waals surface area contributed by atoms with Crippen LogP contribution in [-0.4, -0.2) is 24.9 Å². The number of aromatic nitrogens is 5. The summed E-state index contributed by atoms with van der Waals surface area (Å²) in [5.41, 5.74) is 35.6. The fourth-order valence-corrected chi connectivity index (χ4v) is 14.9. The Bertz CT molecular complexity index is 5130. The average molecular weight is 2050 g/mol. The van der Waals surface area contributed by atoms with Gasteiger partial charge < -0.3 is 24.9 Å². The van der Waals surface area contributed by atoms with Crippen molar-refractivity contribution in [2.75, 3.05) is 0 Å². The first kappa shape index (κ1) is 77.0. The third kappa shape index (κ3) is 15.1. The van der Waals surface area contributed by atoms with E-state index in [0.717, 1.165) is 56.3 Å². The van der Waals surface area contributed by atoms with Crippen molar-refractivity contribution in [1.82, 2.24) is 24.9 Å². The summed E-state index contributed by atoms with van der Waals surface area (Å²) in [7, 11) is 0. The summed E-state index contributed by atoms with van der Waals surface area (Å²) in [5, 5.41) is 0. The van der Waals surface area contributed by atoms with Crippen LogP contribution in [0.2, 0.25) is 0 Å². The van der Waals surface area contributed by atoms with Gasteiger partial charge in [-0.1, -0.05) is 256 Å². The molecular formula is C94H78Ir4N5-5. The van der Waals surface area contributed by atoms with Crippen LogP contribution in [0, 0.1) is 51.1 Å². The third-order valence-electron chi connectivity index (χ3n) is 20.4. The first-order valence-corrected chi connectivity index (χ1v) is 34.1. The van der Waals surface area contributed by atoms with Crippen LogP contribution < -0.4 is 0 Å². The van der Waals surface area contributed by atoms with Crippen molar-refractivity contribution in [3.8, 4) is 101 Å². The maximum absolute atomic E-state index is 4.54. The zero-order valence-corrected chi connectivity index (χ0v) is 69.1. The number of fused-ring (bicyclic) bond motifs is 12. The van der Waals surface area contributed by atoms with Gasteiger partial charge in [0.2, 0.25) is 0 Å². The van der Waals surface area contributed by atoms with Gasteiger partial charge in [-0.15, -0.1) is 153 Å². The topological polar surface area (TPSA) is 64.5 Å². The normalized spacial score (nSPS) is 13.4. The Morgan fingerprint density at radius 1 is 0.243 bits per heavy atom. The van der Waals surface area contributed by atoms with Gasteiger partial charge >= 0.3 is 0 Å². The third-order valence-corrected chi connectivity index (χ3v) is 20.4. The number of nitrogens with zero attached hydrogens (tertiary/aromatic N) is 5. The van der Waals surface area contributed by atoms with E-state index in [1.165, 1.54) is 106 Å². The zero-order valence-electron chi connectivity index (χ0n) is 59.6. The molecule has 14 aromatic rings. The minimum atomic E-state index is 0. The number of hydrogen-bond donors (Lipinski definition) is 0. The molecule has 18 rings (SSSR count). The fraction of sp³-hybridized carbons (Fsp3) is 0.160. The number of aryl methyl sites for hydroxylation is 3. The molecule has 520 valence electrons. The molecule has 0 bridgehead atoms. The Balaban J connectivity index is 0.000000139. The zero-order chi connectivity index (χ0) is 68.6. The van der Waals surface area contributed by atoms with Gasteiger partial charge in [0.05, 0.1) is 0 Å². The van der Waals surface area contributed by atoms with Crippen molar-refractivity contribution in [2.45, 2.75) is 97.8 Å². The van der Waals surface area contributed by atoms with E-state index in [-0.39, 0.29) is 102 Å². The fourth-order valence-electron chi connectivity index (χ4n) is 14.9. The van der Waals surface area contributed by atoms with Gasteiger partial charge in [-0.05, 0) is 123 Å². The predicted octanol–water partition coefficient (Wildman–Crippen LogP) is 22.9. The van der Waals surface area contributed by atoms with Crippen LogP contribution in [0.4, 0.5) is 0 Å². The first-order chi connectivity index (χ1) is 47.9. The molecule has 0 aliphatic heterocycles. The molecule has 5 aromatic heterocycles. The molecule has 0 N–H and O–H groups in total. The second-order valence-corrected chi connectivity index (χ2v) is 28.1. The van der Waals surface area contributed by atoms with Gasteiger partial charge in [-0.2, -0.15) is 0 Å². The van der Waals surface area contributed by atoms with Crippen LogP contribution in [0.5, 0.6) is 0 Å². The minimum Gasteiger partial charge on any atom is -0.305 e. The molecule has 5 nitrogen and oxygen atoms in total. The van der Waals surface area contributed by atoms with E-state index < -0.39 is 0 Å². The van der Waals surface area contributed by atoms with Crippen molar-refractivity contribution < 1.29 is 80.4 Å². The quantitative estimate of drug-likeness (QED) is 0.161. The van der Waals surface area contributed by atoms with Crippen LogP contribution in [0.25, 0.3) is 101 Å². The Kier molecular flexibility index (Phi) is 24.0. The van der Waals surface area contributed by atoms with Gasteiger partial charge in [-0.3, -0.25) is 0 Å². The Labute approximate surface area is 663 Å².